The molecule has 1 amide bonds. The highest BCUT2D eigenvalue weighted by molar-refractivity contribution is 7.17. The van der Waals surface area contributed by atoms with Gasteiger partial charge in [-0.3, -0.25) is 4.79 Å². The van der Waals surface area contributed by atoms with Crippen LogP contribution in [0.4, 0.5) is 5.13 Å². The first-order valence-corrected chi connectivity index (χ1v) is 6.27. The third kappa shape index (κ3) is 2.39. The smallest absolute Gasteiger partial charge is 0.285 e. The molecule has 1 aliphatic rings. The molecular weight excluding hydrogens is 240 g/mol. The van der Waals surface area contributed by atoms with Crippen LogP contribution in [0.25, 0.3) is 0 Å². The first-order valence-electron chi connectivity index (χ1n) is 5.45. The van der Waals surface area contributed by atoms with E-state index in [0.717, 1.165) is 0 Å². The minimum Gasteiger partial charge on any atom is -0.377 e. The Hall–Kier alpha value is -1.21. The number of carbonyl (C=O) groups excluding carboxylic acids is 1. The van der Waals surface area contributed by atoms with Crippen molar-refractivity contribution >= 4 is 22.4 Å². The number of ether oxygens (including phenoxy) is 1. The second kappa shape index (κ2) is 4.58. The van der Waals surface area contributed by atoms with E-state index in [0.29, 0.717) is 29.9 Å². The van der Waals surface area contributed by atoms with Crippen molar-refractivity contribution in [2.75, 3.05) is 32.1 Å². The van der Waals surface area contributed by atoms with Gasteiger partial charge in [0, 0.05) is 13.6 Å². The maximum absolute atomic E-state index is 12.3. The molecule has 1 aromatic rings. The summed E-state index contributed by atoms with van der Waals surface area (Å²) in [5, 5.41) is 11.7. The van der Waals surface area contributed by atoms with Crippen molar-refractivity contribution in [2.24, 2.45) is 0 Å². The normalized spacial score (nSPS) is 19.1. The van der Waals surface area contributed by atoms with Crippen molar-refractivity contribution in [1.29, 1.82) is 0 Å². The Morgan fingerprint density at radius 3 is 2.88 bits per heavy atom. The van der Waals surface area contributed by atoms with Gasteiger partial charge in [-0.15, -0.1) is 10.2 Å². The fourth-order valence-electron chi connectivity index (χ4n) is 1.76. The van der Waals surface area contributed by atoms with E-state index in [1.165, 1.54) is 11.3 Å². The molecule has 0 aromatic carbocycles. The van der Waals surface area contributed by atoms with Gasteiger partial charge in [0.1, 0.15) is 0 Å². The zero-order valence-electron chi connectivity index (χ0n) is 10.2. The summed E-state index contributed by atoms with van der Waals surface area (Å²) in [6.07, 6.45) is 0. The Balaban J connectivity index is 2.18. The molecule has 0 radical (unpaired) electrons. The lowest BCUT2D eigenvalue weighted by Gasteiger charge is -2.41. The summed E-state index contributed by atoms with van der Waals surface area (Å²) in [5.41, 5.74) is -0.291. The van der Waals surface area contributed by atoms with Crippen molar-refractivity contribution in [3.63, 3.8) is 0 Å². The second-order valence-corrected chi connectivity index (χ2v) is 5.46. The van der Waals surface area contributed by atoms with Crippen molar-refractivity contribution in [3.05, 3.63) is 5.01 Å². The molecule has 0 unspecified atom stereocenters. The summed E-state index contributed by atoms with van der Waals surface area (Å²) in [6.45, 7) is 5.71. The minimum atomic E-state index is -0.291. The van der Waals surface area contributed by atoms with Crippen LogP contribution in [0.3, 0.4) is 0 Å². The average molecular weight is 256 g/mol. The van der Waals surface area contributed by atoms with Crippen LogP contribution < -0.4 is 5.32 Å². The van der Waals surface area contributed by atoms with Crippen molar-refractivity contribution < 1.29 is 9.53 Å². The van der Waals surface area contributed by atoms with Crippen molar-refractivity contribution in [3.8, 4) is 0 Å². The molecule has 94 valence electrons. The number of aromatic nitrogens is 2. The summed E-state index contributed by atoms with van der Waals surface area (Å²) in [5.74, 6) is -0.0719. The maximum Gasteiger partial charge on any atom is 0.285 e. The van der Waals surface area contributed by atoms with E-state index in [-0.39, 0.29) is 11.4 Å². The molecule has 0 bridgehead atoms. The molecule has 1 aromatic heterocycles. The number of amides is 1. The molecular formula is C10H16N4O2S. The Kier molecular flexibility index (Phi) is 3.30. The zero-order valence-corrected chi connectivity index (χ0v) is 11.0. The van der Waals surface area contributed by atoms with Gasteiger partial charge in [0.15, 0.2) is 0 Å². The molecule has 1 fully saturated rings. The van der Waals surface area contributed by atoms with Crippen LogP contribution in [0.5, 0.6) is 0 Å². The topological polar surface area (TPSA) is 67.4 Å². The van der Waals surface area contributed by atoms with Gasteiger partial charge in [0.25, 0.3) is 5.91 Å². The molecule has 0 saturated carbocycles. The number of rotatable bonds is 2. The van der Waals surface area contributed by atoms with Crippen LogP contribution in [0.15, 0.2) is 0 Å². The number of morpholine rings is 1. The van der Waals surface area contributed by atoms with Gasteiger partial charge in [0.05, 0.1) is 18.8 Å². The number of nitrogens with one attached hydrogen (secondary N) is 1. The van der Waals surface area contributed by atoms with Crippen LogP contribution in [0.1, 0.15) is 23.6 Å². The van der Waals surface area contributed by atoms with Gasteiger partial charge in [-0.2, -0.15) is 0 Å². The van der Waals surface area contributed by atoms with E-state index in [1.807, 2.05) is 13.8 Å². The summed E-state index contributed by atoms with van der Waals surface area (Å²) in [7, 11) is 1.76. The molecule has 1 N–H and O–H groups in total. The van der Waals surface area contributed by atoms with E-state index in [4.69, 9.17) is 4.74 Å². The predicted molar refractivity (Wildman–Crippen MR) is 65.4 cm³/mol. The standard InChI is InChI=1S/C10H16N4O2S/c1-10(2)6-16-5-4-14(10)8(15)7-12-13-9(11-3)17-7/h4-6H2,1-3H3,(H,11,13). The Morgan fingerprint density at radius 1 is 1.53 bits per heavy atom. The molecule has 0 spiro atoms. The van der Waals surface area contributed by atoms with Crippen molar-refractivity contribution in [1.82, 2.24) is 15.1 Å². The molecule has 17 heavy (non-hydrogen) atoms. The van der Waals surface area contributed by atoms with Gasteiger partial charge in [0.2, 0.25) is 10.1 Å². The van der Waals surface area contributed by atoms with Crippen LogP contribution >= 0.6 is 11.3 Å². The van der Waals surface area contributed by atoms with Crippen LogP contribution in [0.2, 0.25) is 0 Å². The summed E-state index contributed by atoms with van der Waals surface area (Å²) in [4.78, 5) is 14.1. The first kappa shape index (κ1) is 12.3. The third-order valence-corrected chi connectivity index (χ3v) is 3.64. The van der Waals surface area contributed by atoms with E-state index >= 15 is 0 Å². The average Bonchev–Trinajstić information content (AvgIpc) is 2.76. The summed E-state index contributed by atoms with van der Waals surface area (Å²) < 4.78 is 5.39. The molecule has 1 saturated heterocycles. The van der Waals surface area contributed by atoms with Crippen molar-refractivity contribution in [2.45, 2.75) is 19.4 Å². The molecule has 0 atom stereocenters. The molecule has 7 heteroatoms. The summed E-state index contributed by atoms with van der Waals surface area (Å²) >= 11 is 1.27. The number of hydrogen-bond acceptors (Lipinski definition) is 6. The van der Waals surface area contributed by atoms with Crippen LogP contribution in [0, 0.1) is 0 Å². The zero-order chi connectivity index (χ0) is 12.5. The Morgan fingerprint density at radius 2 is 2.29 bits per heavy atom. The lowest BCUT2D eigenvalue weighted by Crippen LogP contribution is -2.55. The number of hydrogen-bond donors (Lipinski definition) is 1. The molecule has 2 rings (SSSR count). The highest BCUT2D eigenvalue weighted by Gasteiger charge is 2.35. The fraction of sp³-hybridized carbons (Fsp3) is 0.700. The highest BCUT2D eigenvalue weighted by Crippen LogP contribution is 2.24. The Bertz CT molecular complexity index is 418. The van der Waals surface area contributed by atoms with Crippen LogP contribution in [-0.4, -0.2) is 53.3 Å². The number of carbonyl (C=O) groups is 1. The van der Waals surface area contributed by atoms with Gasteiger partial charge >= 0.3 is 0 Å². The maximum atomic E-state index is 12.3. The molecule has 6 nitrogen and oxygen atoms in total. The van der Waals surface area contributed by atoms with E-state index < -0.39 is 0 Å². The largest absolute Gasteiger partial charge is 0.377 e. The summed E-state index contributed by atoms with van der Waals surface area (Å²) in [6, 6.07) is 0. The van der Waals surface area contributed by atoms with Crippen LogP contribution in [-0.2, 0) is 4.74 Å². The molecule has 2 heterocycles. The highest BCUT2D eigenvalue weighted by atomic mass is 32.1. The van der Waals surface area contributed by atoms with E-state index in [9.17, 15) is 4.79 Å². The quantitative estimate of drug-likeness (QED) is 0.849. The van der Waals surface area contributed by atoms with Gasteiger partial charge in [-0.05, 0) is 13.8 Å². The predicted octanol–water partition coefficient (Wildman–Crippen LogP) is 0.831. The monoisotopic (exact) mass is 256 g/mol. The van der Waals surface area contributed by atoms with E-state index in [1.54, 1.807) is 11.9 Å². The molecule has 1 aliphatic heterocycles. The van der Waals surface area contributed by atoms with Gasteiger partial charge < -0.3 is 15.0 Å². The second-order valence-electron chi connectivity index (χ2n) is 4.48. The minimum absolute atomic E-state index is 0.0719. The SMILES string of the molecule is CNc1nnc(C(=O)N2CCOCC2(C)C)s1. The van der Waals surface area contributed by atoms with Gasteiger partial charge in [-0.25, -0.2) is 0 Å². The third-order valence-electron chi connectivity index (χ3n) is 2.71. The fourth-order valence-corrected chi connectivity index (χ4v) is 2.41. The number of nitrogens with zero attached hydrogens (tertiary/aromatic N) is 3. The lowest BCUT2D eigenvalue weighted by molar-refractivity contribution is -0.0371. The van der Waals surface area contributed by atoms with E-state index in [2.05, 4.69) is 15.5 Å². The molecule has 0 aliphatic carbocycles. The Labute approximate surface area is 104 Å². The lowest BCUT2D eigenvalue weighted by atomic mass is 10.0. The van der Waals surface area contributed by atoms with Gasteiger partial charge in [-0.1, -0.05) is 11.3 Å². The first-order chi connectivity index (χ1) is 8.04. The number of anilines is 1.